The Hall–Kier alpha value is -3.14. The quantitative estimate of drug-likeness (QED) is 0.559. The Morgan fingerprint density at radius 1 is 0.933 bits per heavy atom. The molecule has 1 saturated heterocycles. The first-order valence-corrected chi connectivity index (χ1v) is 10.5. The number of fused-ring (bicyclic) bond motifs is 2. The number of hydrogen-bond acceptors (Lipinski definition) is 3. The van der Waals surface area contributed by atoms with Crippen LogP contribution < -0.4 is 9.64 Å². The Morgan fingerprint density at radius 2 is 1.70 bits per heavy atom. The second-order valence-corrected chi connectivity index (χ2v) is 8.07. The minimum atomic E-state index is -0.241. The van der Waals surface area contributed by atoms with Crippen LogP contribution in [0.2, 0.25) is 0 Å². The van der Waals surface area contributed by atoms with E-state index in [9.17, 15) is 4.39 Å². The lowest BCUT2D eigenvalue weighted by Gasteiger charge is -2.37. The summed E-state index contributed by atoms with van der Waals surface area (Å²) in [6, 6.07) is 18.2. The summed E-state index contributed by atoms with van der Waals surface area (Å²) in [6.07, 6.45) is 8.09. The van der Waals surface area contributed by atoms with Crippen molar-refractivity contribution in [1.29, 1.82) is 0 Å². The molecule has 1 aliphatic heterocycles. The summed E-state index contributed by atoms with van der Waals surface area (Å²) in [6.45, 7) is 1.62. The summed E-state index contributed by atoms with van der Waals surface area (Å²) in [5.41, 5.74) is 5.20. The number of ether oxygens (including phenoxy) is 1. The SMILES string of the molecule is COc1ccc2c(c1)C(C1CCN(c3ncccc3F)CC1)c1ccccc1C=C2. The van der Waals surface area contributed by atoms with Gasteiger partial charge < -0.3 is 9.64 Å². The van der Waals surface area contributed by atoms with Crippen LogP contribution >= 0.6 is 0 Å². The Bertz CT molecular complexity index is 1090. The van der Waals surface area contributed by atoms with Crippen molar-refractivity contribution in [2.75, 3.05) is 25.1 Å². The Morgan fingerprint density at radius 3 is 2.47 bits per heavy atom. The molecule has 30 heavy (non-hydrogen) atoms. The minimum Gasteiger partial charge on any atom is -0.497 e. The van der Waals surface area contributed by atoms with Gasteiger partial charge >= 0.3 is 0 Å². The smallest absolute Gasteiger partial charge is 0.165 e. The lowest BCUT2D eigenvalue weighted by atomic mass is 9.74. The molecule has 4 heteroatoms. The first-order chi connectivity index (χ1) is 14.7. The molecular weight excluding hydrogens is 375 g/mol. The van der Waals surface area contributed by atoms with Crippen LogP contribution in [0.4, 0.5) is 10.2 Å². The maximum atomic E-state index is 14.2. The number of methoxy groups -OCH3 is 1. The Kier molecular flexibility index (Phi) is 4.99. The number of aromatic nitrogens is 1. The third kappa shape index (κ3) is 3.36. The first kappa shape index (κ1) is 18.9. The molecule has 0 amide bonds. The van der Waals surface area contributed by atoms with Crippen LogP contribution in [-0.2, 0) is 0 Å². The molecule has 0 bridgehead atoms. The number of halogens is 1. The second kappa shape index (κ2) is 7.94. The van der Waals surface area contributed by atoms with Crippen molar-refractivity contribution in [3.8, 4) is 5.75 Å². The molecule has 2 aliphatic rings. The monoisotopic (exact) mass is 400 g/mol. The highest BCUT2D eigenvalue weighted by Crippen LogP contribution is 2.44. The topological polar surface area (TPSA) is 25.4 Å². The van der Waals surface area contributed by atoms with Gasteiger partial charge in [0.25, 0.3) is 0 Å². The number of rotatable bonds is 3. The molecule has 1 aromatic heterocycles. The number of benzene rings is 2. The highest BCUT2D eigenvalue weighted by atomic mass is 19.1. The predicted molar refractivity (Wildman–Crippen MR) is 119 cm³/mol. The number of pyridine rings is 1. The summed E-state index contributed by atoms with van der Waals surface area (Å²) < 4.78 is 19.8. The van der Waals surface area contributed by atoms with Crippen LogP contribution in [-0.4, -0.2) is 25.2 Å². The average Bonchev–Trinajstić information content (AvgIpc) is 2.96. The fourth-order valence-electron chi connectivity index (χ4n) is 4.96. The molecule has 2 heterocycles. The van der Waals surface area contributed by atoms with Crippen molar-refractivity contribution >= 4 is 18.0 Å². The average molecular weight is 400 g/mol. The zero-order valence-corrected chi connectivity index (χ0v) is 17.1. The van der Waals surface area contributed by atoms with Gasteiger partial charge in [-0.15, -0.1) is 0 Å². The highest BCUT2D eigenvalue weighted by molar-refractivity contribution is 5.77. The van der Waals surface area contributed by atoms with Gasteiger partial charge in [-0.2, -0.15) is 0 Å². The summed E-state index contributed by atoms with van der Waals surface area (Å²) in [4.78, 5) is 6.36. The van der Waals surface area contributed by atoms with Gasteiger partial charge in [-0.25, -0.2) is 9.37 Å². The number of piperidine rings is 1. The van der Waals surface area contributed by atoms with E-state index < -0.39 is 0 Å². The molecule has 1 fully saturated rings. The zero-order chi connectivity index (χ0) is 20.5. The van der Waals surface area contributed by atoms with Gasteiger partial charge in [-0.3, -0.25) is 0 Å². The fourth-order valence-corrected chi connectivity index (χ4v) is 4.96. The van der Waals surface area contributed by atoms with Crippen molar-refractivity contribution in [2.45, 2.75) is 18.8 Å². The van der Waals surface area contributed by atoms with Crippen LogP contribution in [0.25, 0.3) is 12.2 Å². The highest BCUT2D eigenvalue weighted by Gasteiger charge is 2.33. The summed E-state index contributed by atoms with van der Waals surface area (Å²) in [7, 11) is 1.72. The molecule has 0 saturated carbocycles. The van der Waals surface area contributed by atoms with Gasteiger partial charge in [0.15, 0.2) is 11.6 Å². The van der Waals surface area contributed by atoms with Gasteiger partial charge in [-0.1, -0.05) is 42.5 Å². The minimum absolute atomic E-state index is 0.241. The van der Waals surface area contributed by atoms with E-state index in [-0.39, 0.29) is 11.7 Å². The molecule has 3 nitrogen and oxygen atoms in total. The summed E-state index contributed by atoms with van der Waals surface area (Å²) >= 11 is 0. The summed E-state index contributed by atoms with van der Waals surface area (Å²) in [5.74, 6) is 1.88. The largest absolute Gasteiger partial charge is 0.497 e. The van der Waals surface area contributed by atoms with E-state index in [0.717, 1.165) is 31.7 Å². The molecule has 1 atom stereocenters. The van der Waals surface area contributed by atoms with Crippen LogP contribution in [0, 0.1) is 11.7 Å². The third-order valence-electron chi connectivity index (χ3n) is 6.45. The Balaban J connectivity index is 1.50. The van der Waals surface area contributed by atoms with E-state index in [1.807, 2.05) is 6.07 Å². The number of anilines is 1. The van der Waals surface area contributed by atoms with E-state index in [1.165, 1.54) is 28.3 Å². The third-order valence-corrected chi connectivity index (χ3v) is 6.45. The number of hydrogen-bond donors (Lipinski definition) is 0. The lowest BCUT2D eigenvalue weighted by molar-refractivity contribution is 0.363. The molecule has 1 aliphatic carbocycles. The van der Waals surface area contributed by atoms with E-state index in [1.54, 1.807) is 19.4 Å². The second-order valence-electron chi connectivity index (χ2n) is 8.07. The molecule has 0 radical (unpaired) electrons. The van der Waals surface area contributed by atoms with Crippen molar-refractivity contribution in [3.05, 3.63) is 88.9 Å². The van der Waals surface area contributed by atoms with Crippen molar-refractivity contribution < 1.29 is 9.13 Å². The van der Waals surface area contributed by atoms with Gasteiger partial charge in [-0.05, 0) is 65.3 Å². The lowest BCUT2D eigenvalue weighted by Crippen LogP contribution is -2.37. The van der Waals surface area contributed by atoms with Crippen molar-refractivity contribution in [1.82, 2.24) is 4.98 Å². The van der Waals surface area contributed by atoms with E-state index in [4.69, 9.17) is 4.74 Å². The predicted octanol–water partition coefficient (Wildman–Crippen LogP) is 5.76. The fraction of sp³-hybridized carbons (Fsp3) is 0.269. The Labute approximate surface area is 176 Å². The van der Waals surface area contributed by atoms with Crippen LogP contribution in [0.1, 0.15) is 41.0 Å². The van der Waals surface area contributed by atoms with Gasteiger partial charge in [0.1, 0.15) is 5.75 Å². The normalized spacial score (nSPS) is 18.5. The molecular formula is C26H25FN2O. The van der Waals surface area contributed by atoms with Gasteiger partial charge in [0.05, 0.1) is 7.11 Å². The molecule has 5 rings (SSSR count). The van der Waals surface area contributed by atoms with Crippen LogP contribution in [0.3, 0.4) is 0 Å². The van der Waals surface area contributed by atoms with E-state index >= 15 is 0 Å². The van der Waals surface area contributed by atoms with Gasteiger partial charge in [0, 0.05) is 25.2 Å². The zero-order valence-electron chi connectivity index (χ0n) is 17.1. The van der Waals surface area contributed by atoms with E-state index in [0.29, 0.717) is 11.7 Å². The van der Waals surface area contributed by atoms with Crippen LogP contribution in [0.5, 0.6) is 5.75 Å². The standard InChI is InChI=1S/C26H25FN2O/c1-30-21-11-10-19-9-8-18-5-2-3-6-22(18)25(23(19)17-21)20-12-15-29(16-13-20)26-24(27)7-4-14-28-26/h2-11,14,17,20,25H,12-13,15-16H2,1H3. The summed E-state index contributed by atoms with van der Waals surface area (Å²) in [5, 5.41) is 0. The molecule has 152 valence electrons. The maximum absolute atomic E-state index is 14.2. The molecule has 0 N–H and O–H groups in total. The molecule has 2 aromatic carbocycles. The maximum Gasteiger partial charge on any atom is 0.165 e. The first-order valence-electron chi connectivity index (χ1n) is 10.5. The molecule has 3 aromatic rings. The van der Waals surface area contributed by atoms with Crippen molar-refractivity contribution in [3.63, 3.8) is 0 Å². The van der Waals surface area contributed by atoms with Crippen LogP contribution in [0.15, 0.2) is 60.8 Å². The number of nitrogens with zero attached hydrogens (tertiary/aromatic N) is 2. The molecule has 1 unspecified atom stereocenters. The van der Waals surface area contributed by atoms with Crippen molar-refractivity contribution in [2.24, 2.45) is 5.92 Å². The van der Waals surface area contributed by atoms with E-state index in [2.05, 4.69) is 58.4 Å². The van der Waals surface area contributed by atoms with Gasteiger partial charge in [0.2, 0.25) is 0 Å². The molecule has 0 spiro atoms.